The average molecular weight is 381 g/mol. The van der Waals surface area contributed by atoms with Crippen LogP contribution in [0.4, 0.5) is 0 Å². The molecule has 0 aliphatic rings. The van der Waals surface area contributed by atoms with Gasteiger partial charge in [0.05, 0.1) is 4.34 Å². The van der Waals surface area contributed by atoms with Crippen molar-refractivity contribution in [2.75, 3.05) is 11.9 Å². The van der Waals surface area contributed by atoms with E-state index in [2.05, 4.69) is 20.7 Å². The summed E-state index contributed by atoms with van der Waals surface area (Å²) in [5.74, 6) is 0.261. The van der Waals surface area contributed by atoms with Gasteiger partial charge in [0, 0.05) is 11.9 Å². The van der Waals surface area contributed by atoms with Gasteiger partial charge in [-0.3, -0.25) is 0 Å². The summed E-state index contributed by atoms with van der Waals surface area (Å²) in [5, 5.41) is 0.848. The zero-order chi connectivity index (χ0) is 13.1. The van der Waals surface area contributed by atoms with Gasteiger partial charge >= 0.3 is 0 Å². The van der Waals surface area contributed by atoms with Crippen LogP contribution in [0, 0.1) is 5.92 Å². The van der Waals surface area contributed by atoms with Crippen molar-refractivity contribution in [2.24, 2.45) is 5.92 Å². The summed E-state index contributed by atoms with van der Waals surface area (Å²) in [6.45, 7) is 2.36. The Bertz CT molecular complexity index is 475. The lowest BCUT2D eigenvalue weighted by Gasteiger charge is -2.11. The molecule has 0 saturated carbocycles. The average Bonchev–Trinajstić information content (AvgIpc) is 2.56. The molecule has 0 aliphatic heterocycles. The molecule has 0 amide bonds. The van der Waals surface area contributed by atoms with E-state index in [1.165, 1.54) is 6.07 Å². The molecule has 8 heteroatoms. The monoisotopic (exact) mass is 379 g/mol. The minimum Gasteiger partial charge on any atom is -0.211 e. The molecule has 3 nitrogen and oxygen atoms in total. The first-order chi connectivity index (χ1) is 7.86. The van der Waals surface area contributed by atoms with Crippen LogP contribution in [0.2, 0.25) is 8.67 Å². The van der Waals surface area contributed by atoms with Crippen LogP contribution >= 0.6 is 50.5 Å². The molecular weight excluding hydrogens is 369 g/mol. The van der Waals surface area contributed by atoms with Crippen molar-refractivity contribution < 1.29 is 8.42 Å². The van der Waals surface area contributed by atoms with Gasteiger partial charge in [0.1, 0.15) is 9.23 Å². The van der Waals surface area contributed by atoms with Crippen molar-refractivity contribution in [1.29, 1.82) is 0 Å². The predicted molar refractivity (Wildman–Crippen MR) is 77.1 cm³/mol. The second-order valence-electron chi connectivity index (χ2n) is 3.62. The van der Waals surface area contributed by atoms with E-state index in [-0.39, 0.29) is 15.1 Å². The number of halogens is 3. The maximum Gasteiger partial charge on any atom is 0.242 e. The highest BCUT2D eigenvalue weighted by Gasteiger charge is 2.21. The Morgan fingerprint density at radius 1 is 1.53 bits per heavy atom. The van der Waals surface area contributed by atoms with Crippen LogP contribution in [0.3, 0.4) is 0 Å². The van der Waals surface area contributed by atoms with Gasteiger partial charge in [0.25, 0.3) is 0 Å². The van der Waals surface area contributed by atoms with Crippen LogP contribution in [0.5, 0.6) is 0 Å². The Kier molecular flexibility index (Phi) is 6.22. The van der Waals surface area contributed by atoms with E-state index in [1.54, 1.807) is 0 Å². The first-order valence-corrected chi connectivity index (χ1v) is 9.05. The summed E-state index contributed by atoms with van der Waals surface area (Å²) in [6, 6.07) is 1.37. The molecule has 0 spiro atoms. The Hall–Kier alpha value is 0.670. The Morgan fingerprint density at radius 2 is 2.18 bits per heavy atom. The lowest BCUT2D eigenvalue weighted by molar-refractivity contribution is 0.532. The normalized spacial score (nSPS) is 13.9. The van der Waals surface area contributed by atoms with Crippen molar-refractivity contribution in [1.82, 2.24) is 4.72 Å². The van der Waals surface area contributed by atoms with Crippen LogP contribution in [-0.2, 0) is 10.0 Å². The molecule has 98 valence electrons. The van der Waals surface area contributed by atoms with Crippen molar-refractivity contribution >= 4 is 60.5 Å². The van der Waals surface area contributed by atoms with Crippen LogP contribution in [-0.4, -0.2) is 20.3 Å². The van der Waals surface area contributed by atoms with E-state index >= 15 is 0 Å². The van der Waals surface area contributed by atoms with Crippen LogP contribution in [0.25, 0.3) is 0 Å². The van der Waals surface area contributed by atoms with Gasteiger partial charge in [-0.2, -0.15) is 0 Å². The molecule has 17 heavy (non-hydrogen) atoms. The summed E-state index contributed by atoms with van der Waals surface area (Å²) < 4.78 is 26.9. The van der Waals surface area contributed by atoms with E-state index < -0.39 is 10.0 Å². The first-order valence-electron chi connectivity index (χ1n) is 4.87. The number of alkyl halides is 1. The third-order valence-electron chi connectivity index (χ3n) is 2.14. The Morgan fingerprint density at radius 3 is 2.65 bits per heavy atom. The third-order valence-corrected chi connectivity index (χ3v) is 5.77. The smallest absolute Gasteiger partial charge is 0.211 e. The van der Waals surface area contributed by atoms with Gasteiger partial charge in [-0.05, 0) is 18.4 Å². The summed E-state index contributed by atoms with van der Waals surface area (Å²) in [4.78, 5) is 0.0557. The molecule has 1 aromatic rings. The minimum absolute atomic E-state index is 0.0557. The van der Waals surface area contributed by atoms with Gasteiger partial charge in [-0.15, -0.1) is 11.3 Å². The summed E-state index contributed by atoms with van der Waals surface area (Å²) in [6.07, 6.45) is 0.903. The number of nitrogens with one attached hydrogen (secondary N) is 1. The second kappa shape index (κ2) is 6.73. The fourth-order valence-electron chi connectivity index (χ4n) is 1.13. The molecular formula is C9H12BrCl2NO2S2. The second-order valence-corrected chi connectivity index (χ2v) is 8.44. The highest BCUT2D eigenvalue weighted by Crippen LogP contribution is 2.34. The largest absolute Gasteiger partial charge is 0.242 e. The van der Waals surface area contributed by atoms with E-state index in [9.17, 15) is 8.42 Å². The van der Waals surface area contributed by atoms with Crippen LogP contribution in [0.1, 0.15) is 13.3 Å². The summed E-state index contributed by atoms with van der Waals surface area (Å²) in [5.41, 5.74) is 0. The van der Waals surface area contributed by atoms with Crippen molar-refractivity contribution in [3.05, 3.63) is 14.7 Å². The standard InChI is InChI=1S/C9H12BrCl2NO2S2/c1-6(2-3-10)5-13-17(14,15)7-4-8(11)16-9(7)12/h4,6,13H,2-3,5H2,1H3. The highest BCUT2D eigenvalue weighted by molar-refractivity contribution is 9.09. The molecule has 1 atom stereocenters. The number of hydrogen-bond donors (Lipinski definition) is 1. The molecule has 1 rings (SSSR count). The van der Waals surface area contributed by atoms with Crippen LogP contribution in [0.15, 0.2) is 11.0 Å². The first kappa shape index (κ1) is 15.7. The zero-order valence-electron chi connectivity index (χ0n) is 9.04. The number of hydrogen-bond acceptors (Lipinski definition) is 3. The van der Waals surface area contributed by atoms with Crippen LogP contribution < -0.4 is 4.72 Å². The van der Waals surface area contributed by atoms with Gasteiger partial charge in [0.2, 0.25) is 10.0 Å². The molecule has 1 unspecified atom stereocenters. The SMILES string of the molecule is CC(CCBr)CNS(=O)(=O)c1cc(Cl)sc1Cl. The fraction of sp³-hybridized carbons (Fsp3) is 0.556. The van der Waals surface area contributed by atoms with E-state index in [0.717, 1.165) is 23.1 Å². The Balaban J connectivity index is 2.73. The van der Waals surface area contributed by atoms with E-state index in [4.69, 9.17) is 23.2 Å². The zero-order valence-corrected chi connectivity index (χ0v) is 13.8. The number of rotatable bonds is 6. The molecule has 0 bridgehead atoms. The molecule has 0 aliphatic carbocycles. The summed E-state index contributed by atoms with van der Waals surface area (Å²) in [7, 11) is -3.55. The van der Waals surface area contributed by atoms with Gasteiger partial charge in [-0.25, -0.2) is 13.1 Å². The topological polar surface area (TPSA) is 46.2 Å². The quantitative estimate of drug-likeness (QED) is 0.763. The van der Waals surface area contributed by atoms with E-state index in [1.807, 2.05) is 6.92 Å². The molecule has 1 N–H and O–H groups in total. The lowest BCUT2D eigenvalue weighted by Crippen LogP contribution is -2.28. The molecule has 0 aromatic carbocycles. The molecule has 0 saturated heterocycles. The van der Waals surface area contributed by atoms with Gasteiger partial charge < -0.3 is 0 Å². The fourth-order valence-corrected chi connectivity index (χ4v) is 5.22. The third kappa shape index (κ3) is 4.69. The number of thiophene rings is 1. The van der Waals surface area contributed by atoms with E-state index in [0.29, 0.717) is 10.9 Å². The lowest BCUT2D eigenvalue weighted by atomic mass is 10.1. The molecule has 0 fully saturated rings. The van der Waals surface area contributed by atoms with Crippen molar-refractivity contribution in [3.8, 4) is 0 Å². The molecule has 1 heterocycles. The molecule has 0 radical (unpaired) electrons. The minimum atomic E-state index is -3.55. The predicted octanol–water partition coefficient (Wildman–Crippen LogP) is 3.75. The molecule has 1 aromatic heterocycles. The number of sulfonamides is 1. The van der Waals surface area contributed by atoms with Crippen molar-refractivity contribution in [3.63, 3.8) is 0 Å². The van der Waals surface area contributed by atoms with Gasteiger partial charge in [0.15, 0.2) is 0 Å². The Labute approximate surface area is 124 Å². The summed E-state index contributed by atoms with van der Waals surface area (Å²) >= 11 is 15.9. The van der Waals surface area contributed by atoms with Crippen molar-refractivity contribution in [2.45, 2.75) is 18.2 Å². The highest BCUT2D eigenvalue weighted by atomic mass is 79.9. The van der Waals surface area contributed by atoms with Gasteiger partial charge in [-0.1, -0.05) is 46.1 Å². The maximum absolute atomic E-state index is 11.9. The maximum atomic E-state index is 11.9.